The van der Waals surface area contributed by atoms with E-state index >= 15 is 0 Å². The number of amides is 1. The SMILES string of the molecule is CC(C)(C)OC(=O)NCC1(c2cccc(-c3ncnc4c3ccn4COCCS(C)(C)C)c2)Cc2ccc(C=O)cc2C1. The highest BCUT2D eigenvalue weighted by Crippen LogP contribution is 2.41. The fourth-order valence-electron chi connectivity index (χ4n) is 5.64. The lowest BCUT2D eigenvalue weighted by atomic mass is 9.77. The van der Waals surface area contributed by atoms with Crippen molar-refractivity contribution in [3.63, 3.8) is 0 Å². The number of alkyl carbamates (subject to hydrolysis) is 1. The number of carbonyl (C=O) groups excluding carboxylic acids is 2. The molecule has 43 heavy (non-hydrogen) atoms. The van der Waals surface area contributed by atoms with Crippen LogP contribution in [-0.2, 0) is 34.5 Å². The zero-order valence-electron chi connectivity index (χ0n) is 26.0. The van der Waals surface area contributed by atoms with Gasteiger partial charge in [-0.1, -0.05) is 30.3 Å². The van der Waals surface area contributed by atoms with Crippen molar-refractivity contribution < 1.29 is 19.1 Å². The van der Waals surface area contributed by atoms with E-state index < -0.39 is 27.1 Å². The number of nitrogens with one attached hydrogen (secondary N) is 1. The Kier molecular flexibility index (Phi) is 8.68. The molecule has 2 aromatic heterocycles. The van der Waals surface area contributed by atoms with Gasteiger partial charge in [-0.05, 0) is 87.3 Å². The van der Waals surface area contributed by atoms with Gasteiger partial charge in [0.15, 0.2) is 0 Å². The Hall–Kier alpha value is -3.69. The van der Waals surface area contributed by atoms with E-state index in [0.29, 0.717) is 31.9 Å². The molecule has 0 fully saturated rings. The maximum Gasteiger partial charge on any atom is 0.407 e. The first kappa shape index (κ1) is 30.8. The van der Waals surface area contributed by atoms with Crippen LogP contribution in [0, 0.1) is 0 Å². The van der Waals surface area contributed by atoms with E-state index in [-0.39, 0.29) is 0 Å². The Bertz CT molecular complexity index is 1640. The third-order valence-electron chi connectivity index (χ3n) is 7.77. The fourth-order valence-corrected chi connectivity index (χ4v) is 6.26. The first-order valence-corrected chi connectivity index (χ1v) is 17.6. The van der Waals surface area contributed by atoms with E-state index in [4.69, 9.17) is 14.5 Å². The van der Waals surface area contributed by atoms with Gasteiger partial charge in [0.25, 0.3) is 0 Å². The van der Waals surface area contributed by atoms with Crippen LogP contribution < -0.4 is 5.32 Å². The monoisotopic (exact) mass is 602 g/mol. The van der Waals surface area contributed by atoms with Crippen LogP contribution >= 0.6 is 10.0 Å². The van der Waals surface area contributed by atoms with Crippen molar-refractivity contribution in [2.45, 2.75) is 51.4 Å². The van der Waals surface area contributed by atoms with Crippen molar-refractivity contribution in [3.05, 3.63) is 83.3 Å². The van der Waals surface area contributed by atoms with E-state index in [0.717, 1.165) is 51.9 Å². The van der Waals surface area contributed by atoms with Gasteiger partial charge < -0.3 is 19.4 Å². The van der Waals surface area contributed by atoms with Crippen LogP contribution in [-0.4, -0.2) is 70.2 Å². The number of aromatic nitrogens is 3. The van der Waals surface area contributed by atoms with Crippen LogP contribution in [0.3, 0.4) is 0 Å². The molecule has 0 saturated heterocycles. The third kappa shape index (κ3) is 7.28. The Morgan fingerprint density at radius 3 is 2.60 bits per heavy atom. The summed E-state index contributed by atoms with van der Waals surface area (Å²) in [5.74, 6) is 1.06. The molecule has 4 aromatic rings. The summed E-state index contributed by atoms with van der Waals surface area (Å²) in [4.78, 5) is 33.5. The van der Waals surface area contributed by atoms with Gasteiger partial charge in [-0.15, -0.1) is 0 Å². The predicted molar refractivity (Wildman–Crippen MR) is 174 cm³/mol. The molecule has 1 unspecified atom stereocenters. The Balaban J connectivity index is 1.45. The number of hydrogen-bond donors (Lipinski definition) is 1. The number of hydrogen-bond acceptors (Lipinski definition) is 6. The molecule has 0 spiro atoms. The maximum atomic E-state index is 12.7. The van der Waals surface area contributed by atoms with Gasteiger partial charge in [-0.25, -0.2) is 24.8 Å². The Morgan fingerprint density at radius 2 is 1.86 bits per heavy atom. The van der Waals surface area contributed by atoms with Crippen molar-refractivity contribution in [3.8, 4) is 11.3 Å². The van der Waals surface area contributed by atoms with Crippen molar-refractivity contribution in [1.82, 2.24) is 19.9 Å². The van der Waals surface area contributed by atoms with Gasteiger partial charge in [0.1, 0.15) is 30.6 Å². The summed E-state index contributed by atoms with van der Waals surface area (Å²) in [5, 5.41) is 3.99. The second-order valence-electron chi connectivity index (χ2n) is 13.3. The molecule has 0 saturated carbocycles. The molecule has 5 rings (SSSR count). The smallest absolute Gasteiger partial charge is 0.407 e. The van der Waals surface area contributed by atoms with Crippen LogP contribution in [0.4, 0.5) is 4.79 Å². The summed E-state index contributed by atoms with van der Waals surface area (Å²) >= 11 is 0. The molecule has 8 nitrogen and oxygen atoms in total. The summed E-state index contributed by atoms with van der Waals surface area (Å²) < 4.78 is 13.6. The van der Waals surface area contributed by atoms with Gasteiger partial charge in [0, 0.05) is 40.4 Å². The van der Waals surface area contributed by atoms with Gasteiger partial charge in [0.05, 0.1) is 12.3 Å². The normalized spacial score (nSPS) is 17.1. The summed E-state index contributed by atoms with van der Waals surface area (Å²) in [6.45, 7) is 7.11. The third-order valence-corrected chi connectivity index (χ3v) is 9.16. The fraction of sp³-hybridized carbons (Fsp3) is 0.412. The molecule has 1 aliphatic rings. The summed E-state index contributed by atoms with van der Waals surface area (Å²) in [6, 6.07) is 16.3. The second-order valence-corrected chi connectivity index (χ2v) is 17.9. The molecular weight excluding hydrogens is 560 g/mol. The molecular formula is C34H42N4O4S. The average molecular weight is 603 g/mol. The van der Waals surface area contributed by atoms with E-state index in [1.54, 1.807) is 6.33 Å². The molecule has 0 aliphatic heterocycles. The molecule has 2 aromatic carbocycles. The highest BCUT2D eigenvalue weighted by Gasteiger charge is 2.40. The number of nitrogens with zero attached hydrogens (tertiary/aromatic N) is 3. The summed E-state index contributed by atoms with van der Waals surface area (Å²) in [7, 11) is -0.611. The van der Waals surface area contributed by atoms with Gasteiger partial charge >= 0.3 is 6.09 Å². The van der Waals surface area contributed by atoms with E-state index in [2.05, 4.69) is 47.3 Å². The van der Waals surface area contributed by atoms with E-state index in [9.17, 15) is 9.59 Å². The number of benzene rings is 2. The molecule has 1 N–H and O–H groups in total. The van der Waals surface area contributed by atoms with Crippen molar-refractivity contribution in [2.24, 2.45) is 0 Å². The van der Waals surface area contributed by atoms with Gasteiger partial charge in [0.2, 0.25) is 0 Å². The summed E-state index contributed by atoms with van der Waals surface area (Å²) in [6.07, 6.45) is 12.3. The van der Waals surface area contributed by atoms with E-state index in [1.807, 2.05) is 61.9 Å². The highest BCUT2D eigenvalue weighted by molar-refractivity contribution is 8.32. The Morgan fingerprint density at radius 1 is 1.07 bits per heavy atom. The lowest BCUT2D eigenvalue weighted by Gasteiger charge is -2.31. The van der Waals surface area contributed by atoms with Crippen molar-refractivity contribution in [1.29, 1.82) is 0 Å². The Labute approximate surface area is 255 Å². The molecule has 9 heteroatoms. The number of ether oxygens (including phenoxy) is 2. The van der Waals surface area contributed by atoms with Crippen LogP contribution in [0.1, 0.15) is 47.8 Å². The zero-order valence-corrected chi connectivity index (χ0v) is 26.8. The van der Waals surface area contributed by atoms with Crippen molar-refractivity contribution >= 4 is 33.4 Å². The quantitative estimate of drug-likeness (QED) is 0.173. The standard InChI is InChI=1S/C34H42N4O4S/c1-33(2,3)42-32(40)35-21-34(18-26-11-10-24(20-39)16-27(26)19-34)28-9-7-8-25(17-28)30-29-12-13-38(31(29)37-22-36-30)23-41-14-15-43(4,5)6/h7-13,16-17,20,22H,14-15,18-19,21,23H2,1-6H3,(H,35,40). The molecule has 0 bridgehead atoms. The second kappa shape index (κ2) is 12.1. The minimum Gasteiger partial charge on any atom is -0.444 e. The first-order chi connectivity index (χ1) is 20.4. The average Bonchev–Trinajstić information content (AvgIpc) is 3.54. The number of carbonyl (C=O) groups is 2. The molecule has 1 amide bonds. The van der Waals surface area contributed by atoms with Crippen LogP contribution in [0.25, 0.3) is 22.3 Å². The van der Waals surface area contributed by atoms with E-state index in [1.165, 1.54) is 5.56 Å². The largest absolute Gasteiger partial charge is 0.444 e. The zero-order chi connectivity index (χ0) is 30.8. The molecule has 228 valence electrons. The maximum absolute atomic E-state index is 12.7. The first-order valence-electron chi connectivity index (χ1n) is 14.5. The number of fused-ring (bicyclic) bond motifs is 2. The van der Waals surface area contributed by atoms with Crippen molar-refractivity contribution in [2.75, 3.05) is 37.7 Å². The molecule has 1 atom stereocenters. The minimum absolute atomic E-state index is 0.389. The molecule has 2 heterocycles. The molecule has 1 aliphatic carbocycles. The highest BCUT2D eigenvalue weighted by atomic mass is 32.3. The minimum atomic E-state index is -0.611. The van der Waals surface area contributed by atoms with Gasteiger partial charge in [-0.2, -0.15) is 0 Å². The number of aldehydes is 1. The predicted octanol–water partition coefficient (Wildman–Crippen LogP) is 6.14. The van der Waals surface area contributed by atoms with Crippen LogP contribution in [0.5, 0.6) is 0 Å². The van der Waals surface area contributed by atoms with Crippen LogP contribution in [0.15, 0.2) is 61.1 Å². The lowest BCUT2D eigenvalue weighted by molar-refractivity contribution is 0.0514. The lowest BCUT2D eigenvalue weighted by Crippen LogP contribution is -2.43. The number of rotatable bonds is 10. The topological polar surface area (TPSA) is 95.3 Å². The van der Waals surface area contributed by atoms with Gasteiger partial charge in [-0.3, -0.25) is 4.79 Å². The molecule has 0 radical (unpaired) electrons. The van der Waals surface area contributed by atoms with Crippen LogP contribution in [0.2, 0.25) is 0 Å². The summed E-state index contributed by atoms with van der Waals surface area (Å²) in [5.41, 5.74) is 5.67.